The van der Waals surface area contributed by atoms with Crippen molar-refractivity contribution >= 4 is 0 Å². The minimum atomic E-state index is -0.142. The topological polar surface area (TPSA) is 82.5 Å². The SMILES string of the molecule is Cn1nncc1-c1nc(C2(c3ccncc3)CCC2)no1. The zero-order valence-corrected chi connectivity index (χ0v) is 11.6. The molecule has 0 saturated heterocycles. The molecular formula is C14H14N6O. The maximum Gasteiger partial charge on any atom is 0.277 e. The quantitative estimate of drug-likeness (QED) is 0.727. The van der Waals surface area contributed by atoms with E-state index in [1.54, 1.807) is 30.3 Å². The lowest BCUT2D eigenvalue weighted by atomic mass is 9.64. The van der Waals surface area contributed by atoms with E-state index in [1.165, 1.54) is 12.0 Å². The molecule has 0 bridgehead atoms. The minimum absolute atomic E-state index is 0.142. The Morgan fingerprint density at radius 1 is 1.24 bits per heavy atom. The predicted octanol–water partition coefficient (Wildman–Crippen LogP) is 1.73. The van der Waals surface area contributed by atoms with Crippen LogP contribution in [0.15, 0.2) is 35.2 Å². The molecule has 0 aliphatic heterocycles. The van der Waals surface area contributed by atoms with Crippen molar-refractivity contribution in [3.8, 4) is 11.6 Å². The Morgan fingerprint density at radius 3 is 2.67 bits per heavy atom. The van der Waals surface area contributed by atoms with Crippen LogP contribution in [0.1, 0.15) is 30.7 Å². The van der Waals surface area contributed by atoms with E-state index in [0.29, 0.717) is 5.89 Å². The van der Waals surface area contributed by atoms with Crippen molar-refractivity contribution in [2.75, 3.05) is 0 Å². The van der Waals surface area contributed by atoms with Crippen molar-refractivity contribution in [3.63, 3.8) is 0 Å². The summed E-state index contributed by atoms with van der Waals surface area (Å²) in [5, 5.41) is 11.9. The number of rotatable bonds is 3. The van der Waals surface area contributed by atoms with Crippen LogP contribution >= 0.6 is 0 Å². The average Bonchev–Trinajstić information content (AvgIpc) is 3.08. The third-order valence-electron chi connectivity index (χ3n) is 4.23. The van der Waals surface area contributed by atoms with Crippen LogP contribution in [0.3, 0.4) is 0 Å². The second-order valence-corrected chi connectivity index (χ2v) is 5.34. The first-order chi connectivity index (χ1) is 10.3. The monoisotopic (exact) mass is 282 g/mol. The van der Waals surface area contributed by atoms with Gasteiger partial charge in [-0.1, -0.05) is 16.8 Å². The zero-order valence-electron chi connectivity index (χ0n) is 11.6. The van der Waals surface area contributed by atoms with Crippen LogP contribution in [0.25, 0.3) is 11.6 Å². The van der Waals surface area contributed by atoms with Crippen LogP contribution in [-0.2, 0) is 12.5 Å². The molecule has 1 aliphatic carbocycles. The Balaban J connectivity index is 1.76. The molecule has 21 heavy (non-hydrogen) atoms. The van der Waals surface area contributed by atoms with Gasteiger partial charge in [0.25, 0.3) is 5.89 Å². The molecule has 7 heteroatoms. The third-order valence-corrected chi connectivity index (χ3v) is 4.23. The number of aryl methyl sites for hydroxylation is 1. The summed E-state index contributed by atoms with van der Waals surface area (Å²) in [5.74, 6) is 1.19. The molecule has 0 unspecified atom stereocenters. The number of aromatic nitrogens is 6. The molecule has 1 fully saturated rings. The highest BCUT2D eigenvalue weighted by molar-refractivity contribution is 5.45. The second-order valence-electron chi connectivity index (χ2n) is 5.34. The molecule has 3 aromatic rings. The van der Waals surface area contributed by atoms with Crippen LogP contribution in [0, 0.1) is 0 Å². The highest BCUT2D eigenvalue weighted by Gasteiger charge is 2.44. The Hall–Kier alpha value is -2.57. The summed E-state index contributed by atoms with van der Waals surface area (Å²) in [7, 11) is 1.80. The van der Waals surface area contributed by atoms with Gasteiger partial charge in [0.1, 0.15) is 5.69 Å². The summed E-state index contributed by atoms with van der Waals surface area (Å²) in [6.45, 7) is 0. The van der Waals surface area contributed by atoms with E-state index < -0.39 is 0 Å². The Bertz CT molecular complexity index is 759. The minimum Gasteiger partial charge on any atom is -0.332 e. The van der Waals surface area contributed by atoms with Crippen LogP contribution in [0.2, 0.25) is 0 Å². The molecule has 1 saturated carbocycles. The van der Waals surface area contributed by atoms with Gasteiger partial charge in [0.05, 0.1) is 11.6 Å². The Labute approximate surface area is 121 Å². The van der Waals surface area contributed by atoms with E-state index in [0.717, 1.165) is 24.4 Å². The molecule has 0 atom stereocenters. The first-order valence-electron chi connectivity index (χ1n) is 6.89. The molecule has 0 spiro atoms. The van der Waals surface area contributed by atoms with Crippen molar-refractivity contribution < 1.29 is 4.52 Å². The number of hydrogen-bond acceptors (Lipinski definition) is 6. The van der Waals surface area contributed by atoms with Gasteiger partial charge < -0.3 is 4.52 Å². The lowest BCUT2D eigenvalue weighted by Gasteiger charge is -2.39. The molecule has 0 amide bonds. The molecule has 7 nitrogen and oxygen atoms in total. The van der Waals surface area contributed by atoms with Gasteiger partial charge in [-0.15, -0.1) is 5.10 Å². The summed E-state index contributed by atoms with van der Waals surface area (Å²) in [6.07, 6.45) is 8.46. The highest BCUT2D eigenvalue weighted by Crippen LogP contribution is 2.47. The van der Waals surface area contributed by atoms with Gasteiger partial charge in [-0.3, -0.25) is 4.98 Å². The number of pyridine rings is 1. The molecular weight excluding hydrogens is 268 g/mol. The van der Waals surface area contributed by atoms with E-state index in [2.05, 4.69) is 25.4 Å². The number of hydrogen-bond donors (Lipinski definition) is 0. The normalized spacial score (nSPS) is 16.6. The van der Waals surface area contributed by atoms with Crippen molar-refractivity contribution in [1.29, 1.82) is 0 Å². The lowest BCUT2D eigenvalue weighted by molar-refractivity contribution is 0.272. The molecule has 3 heterocycles. The molecule has 0 N–H and O–H groups in total. The highest BCUT2D eigenvalue weighted by atomic mass is 16.5. The van der Waals surface area contributed by atoms with E-state index >= 15 is 0 Å². The Morgan fingerprint density at radius 2 is 2.05 bits per heavy atom. The van der Waals surface area contributed by atoms with Gasteiger partial charge >= 0.3 is 0 Å². The number of nitrogens with zero attached hydrogens (tertiary/aromatic N) is 6. The van der Waals surface area contributed by atoms with Crippen molar-refractivity contribution in [2.24, 2.45) is 7.05 Å². The van der Waals surface area contributed by atoms with E-state index in [4.69, 9.17) is 4.52 Å². The van der Waals surface area contributed by atoms with Crippen molar-refractivity contribution in [3.05, 3.63) is 42.1 Å². The standard InChI is InChI=1S/C14H14N6O/c1-20-11(9-16-19-20)12-17-13(18-21-12)14(5-2-6-14)10-3-7-15-8-4-10/h3-4,7-9H,2,5-6H2,1H3. The average molecular weight is 282 g/mol. The fourth-order valence-electron chi connectivity index (χ4n) is 2.85. The van der Waals surface area contributed by atoms with Crippen LogP contribution in [0.5, 0.6) is 0 Å². The van der Waals surface area contributed by atoms with E-state index in [-0.39, 0.29) is 5.41 Å². The summed E-state index contributed by atoms with van der Waals surface area (Å²) < 4.78 is 7.04. The van der Waals surface area contributed by atoms with Gasteiger partial charge in [-0.25, -0.2) is 4.68 Å². The molecule has 4 rings (SSSR count). The summed E-state index contributed by atoms with van der Waals surface area (Å²) in [4.78, 5) is 8.67. The summed E-state index contributed by atoms with van der Waals surface area (Å²) in [5.41, 5.74) is 1.77. The molecule has 0 aromatic carbocycles. The second kappa shape index (κ2) is 4.47. The van der Waals surface area contributed by atoms with Crippen molar-refractivity contribution in [1.82, 2.24) is 30.1 Å². The summed E-state index contributed by atoms with van der Waals surface area (Å²) in [6, 6.07) is 4.06. The van der Waals surface area contributed by atoms with Crippen LogP contribution in [-0.4, -0.2) is 30.1 Å². The molecule has 3 aromatic heterocycles. The lowest BCUT2D eigenvalue weighted by Crippen LogP contribution is -2.36. The predicted molar refractivity (Wildman–Crippen MR) is 73.2 cm³/mol. The van der Waals surface area contributed by atoms with Crippen LogP contribution < -0.4 is 0 Å². The van der Waals surface area contributed by atoms with Gasteiger partial charge in [-0.2, -0.15) is 4.98 Å². The first-order valence-corrected chi connectivity index (χ1v) is 6.89. The van der Waals surface area contributed by atoms with Crippen molar-refractivity contribution in [2.45, 2.75) is 24.7 Å². The third kappa shape index (κ3) is 1.77. The molecule has 106 valence electrons. The fraction of sp³-hybridized carbons (Fsp3) is 0.357. The van der Waals surface area contributed by atoms with E-state index in [9.17, 15) is 0 Å². The van der Waals surface area contributed by atoms with Gasteiger partial charge in [0.15, 0.2) is 5.82 Å². The van der Waals surface area contributed by atoms with Gasteiger partial charge in [-0.05, 0) is 30.5 Å². The van der Waals surface area contributed by atoms with E-state index in [1.807, 2.05) is 12.1 Å². The molecule has 1 aliphatic rings. The van der Waals surface area contributed by atoms with Gasteiger partial charge in [0.2, 0.25) is 0 Å². The molecule has 0 radical (unpaired) electrons. The fourth-order valence-corrected chi connectivity index (χ4v) is 2.85. The maximum absolute atomic E-state index is 5.42. The largest absolute Gasteiger partial charge is 0.332 e. The summed E-state index contributed by atoms with van der Waals surface area (Å²) >= 11 is 0. The zero-order chi connectivity index (χ0) is 14.3. The van der Waals surface area contributed by atoms with Gasteiger partial charge in [0, 0.05) is 19.4 Å². The Kier molecular flexibility index (Phi) is 2.60. The smallest absolute Gasteiger partial charge is 0.277 e. The maximum atomic E-state index is 5.42. The van der Waals surface area contributed by atoms with Crippen LogP contribution in [0.4, 0.5) is 0 Å². The first kappa shape index (κ1) is 12.2.